The van der Waals surface area contributed by atoms with Crippen LogP contribution in [-0.4, -0.2) is 34.6 Å². The van der Waals surface area contributed by atoms with Gasteiger partial charge in [0.15, 0.2) is 0 Å². The fourth-order valence-corrected chi connectivity index (χ4v) is 5.32. The largest absolute Gasteiger partial charge is 0.353 e. The number of carbonyl (C=O) groups excluding carboxylic acids is 1. The number of nitrogens with zero attached hydrogens (tertiary/aromatic N) is 3. The number of fused-ring (bicyclic) bond motifs is 1. The molecule has 1 amide bonds. The highest BCUT2D eigenvalue weighted by atomic mass is 19.1. The number of rotatable bonds is 5. The van der Waals surface area contributed by atoms with E-state index in [1.165, 1.54) is 37.8 Å². The molecule has 1 aromatic heterocycles. The molecule has 0 spiro atoms. The maximum atomic E-state index is 13.4. The number of halogens is 1. The molecule has 0 atom stereocenters. The number of hydrogen-bond acceptors (Lipinski definition) is 3. The summed E-state index contributed by atoms with van der Waals surface area (Å²) in [5, 5.41) is 3.34. The van der Waals surface area contributed by atoms with E-state index in [0.29, 0.717) is 12.6 Å². The van der Waals surface area contributed by atoms with Gasteiger partial charge in [-0.15, -0.1) is 0 Å². The number of anilines is 1. The second-order valence-electron chi connectivity index (χ2n) is 9.57. The summed E-state index contributed by atoms with van der Waals surface area (Å²) in [6, 6.07) is 15.2. The molecule has 1 aliphatic carbocycles. The highest BCUT2D eigenvalue weighted by molar-refractivity contribution is 5.80. The van der Waals surface area contributed by atoms with Crippen LogP contribution in [0.5, 0.6) is 0 Å². The number of imidazole rings is 1. The number of amides is 1. The molecule has 2 aliphatic rings. The van der Waals surface area contributed by atoms with E-state index in [2.05, 4.69) is 20.9 Å². The summed E-state index contributed by atoms with van der Waals surface area (Å²) < 4.78 is 15.6. The Morgan fingerprint density at radius 2 is 1.64 bits per heavy atom. The molecular weight excluding hydrogens is 415 g/mol. The van der Waals surface area contributed by atoms with Crippen molar-refractivity contribution < 1.29 is 9.18 Å². The van der Waals surface area contributed by atoms with Crippen LogP contribution in [0.15, 0.2) is 48.5 Å². The first kappa shape index (κ1) is 21.9. The number of piperidine rings is 1. The van der Waals surface area contributed by atoms with Gasteiger partial charge in [-0.1, -0.05) is 49.9 Å². The van der Waals surface area contributed by atoms with E-state index >= 15 is 0 Å². The van der Waals surface area contributed by atoms with Crippen molar-refractivity contribution in [3.63, 3.8) is 0 Å². The molecule has 0 radical (unpaired) electrons. The molecule has 1 saturated carbocycles. The van der Waals surface area contributed by atoms with Gasteiger partial charge in [0.2, 0.25) is 11.9 Å². The monoisotopic (exact) mass is 448 g/mol. The zero-order chi connectivity index (χ0) is 22.6. The number of para-hydroxylation sites is 2. The highest BCUT2D eigenvalue weighted by Gasteiger charge is 2.29. The van der Waals surface area contributed by atoms with Crippen molar-refractivity contribution in [2.45, 2.75) is 64.0 Å². The van der Waals surface area contributed by atoms with Gasteiger partial charge < -0.3 is 14.8 Å². The Balaban J connectivity index is 1.29. The van der Waals surface area contributed by atoms with Gasteiger partial charge in [0, 0.05) is 25.0 Å². The molecule has 0 bridgehead atoms. The van der Waals surface area contributed by atoms with Crippen LogP contribution in [0, 0.1) is 11.7 Å². The third-order valence-corrected chi connectivity index (χ3v) is 7.24. The van der Waals surface area contributed by atoms with Gasteiger partial charge in [-0.2, -0.15) is 0 Å². The lowest BCUT2D eigenvalue weighted by atomic mass is 9.95. The van der Waals surface area contributed by atoms with Gasteiger partial charge >= 0.3 is 0 Å². The molecule has 174 valence electrons. The summed E-state index contributed by atoms with van der Waals surface area (Å²) >= 11 is 0. The van der Waals surface area contributed by atoms with E-state index in [1.807, 2.05) is 30.3 Å². The Labute approximate surface area is 195 Å². The van der Waals surface area contributed by atoms with Crippen LogP contribution < -0.4 is 10.2 Å². The van der Waals surface area contributed by atoms with Crippen LogP contribution in [0.2, 0.25) is 0 Å². The van der Waals surface area contributed by atoms with Crippen LogP contribution in [0.1, 0.15) is 56.9 Å². The smallest absolute Gasteiger partial charge is 0.223 e. The second kappa shape index (κ2) is 9.94. The Morgan fingerprint density at radius 1 is 0.939 bits per heavy atom. The Morgan fingerprint density at radius 3 is 2.36 bits per heavy atom. The van der Waals surface area contributed by atoms with Gasteiger partial charge in [-0.05, 0) is 55.5 Å². The zero-order valence-corrected chi connectivity index (χ0v) is 19.2. The van der Waals surface area contributed by atoms with E-state index in [-0.39, 0.29) is 17.6 Å². The van der Waals surface area contributed by atoms with Crippen LogP contribution in [-0.2, 0) is 11.3 Å². The van der Waals surface area contributed by atoms with Crippen molar-refractivity contribution in [1.29, 1.82) is 0 Å². The fourth-order valence-electron chi connectivity index (χ4n) is 5.32. The van der Waals surface area contributed by atoms with Crippen molar-refractivity contribution in [2.24, 2.45) is 5.92 Å². The molecule has 2 fully saturated rings. The van der Waals surface area contributed by atoms with E-state index in [1.54, 1.807) is 0 Å². The Kier molecular flexibility index (Phi) is 6.60. The third-order valence-electron chi connectivity index (χ3n) is 7.24. The molecule has 1 aliphatic heterocycles. The van der Waals surface area contributed by atoms with E-state index < -0.39 is 0 Å². The van der Waals surface area contributed by atoms with Gasteiger partial charge in [-0.25, -0.2) is 9.37 Å². The molecule has 0 unspecified atom stereocenters. The number of carbonyl (C=O) groups is 1. The van der Waals surface area contributed by atoms with Crippen molar-refractivity contribution >= 4 is 22.9 Å². The number of hydrogen-bond donors (Lipinski definition) is 1. The summed E-state index contributed by atoms with van der Waals surface area (Å²) in [7, 11) is 0. The predicted molar refractivity (Wildman–Crippen MR) is 130 cm³/mol. The summed E-state index contributed by atoms with van der Waals surface area (Å²) in [4.78, 5) is 20.2. The van der Waals surface area contributed by atoms with E-state index in [0.717, 1.165) is 61.3 Å². The molecule has 33 heavy (non-hydrogen) atoms. The highest BCUT2D eigenvalue weighted by Crippen LogP contribution is 2.28. The quantitative estimate of drug-likeness (QED) is 0.541. The Bertz CT molecular complexity index is 1080. The zero-order valence-electron chi connectivity index (χ0n) is 19.2. The topological polar surface area (TPSA) is 50.2 Å². The average molecular weight is 449 g/mol. The molecule has 3 aromatic rings. The maximum Gasteiger partial charge on any atom is 0.223 e. The normalized spacial score (nSPS) is 18.4. The predicted octanol–water partition coefficient (Wildman–Crippen LogP) is 5.28. The lowest BCUT2D eigenvalue weighted by Gasteiger charge is -2.33. The molecule has 5 nitrogen and oxygen atoms in total. The van der Waals surface area contributed by atoms with Crippen molar-refractivity contribution in [1.82, 2.24) is 14.9 Å². The summed E-state index contributed by atoms with van der Waals surface area (Å²) in [6.07, 6.45) is 8.99. The molecule has 1 saturated heterocycles. The first-order chi connectivity index (χ1) is 16.2. The lowest BCUT2D eigenvalue weighted by Crippen LogP contribution is -2.44. The van der Waals surface area contributed by atoms with E-state index in [9.17, 15) is 9.18 Å². The Hall–Kier alpha value is -2.89. The lowest BCUT2D eigenvalue weighted by molar-refractivity contribution is -0.126. The van der Waals surface area contributed by atoms with Gasteiger partial charge in [0.25, 0.3) is 0 Å². The minimum Gasteiger partial charge on any atom is -0.353 e. The average Bonchev–Trinajstić information content (AvgIpc) is 3.00. The standard InChI is InChI=1S/C27H33FN4O/c28-22-13-11-20(12-14-22)19-32-25-10-6-5-9-24(25)30-27(32)31-17-15-21(16-18-31)26(33)29-23-7-3-1-2-4-8-23/h5-6,9-14,21,23H,1-4,7-8,15-19H2,(H,29,33). The van der Waals surface area contributed by atoms with Crippen LogP contribution in [0.3, 0.4) is 0 Å². The number of nitrogens with one attached hydrogen (secondary N) is 1. The van der Waals surface area contributed by atoms with Gasteiger partial charge in [-0.3, -0.25) is 4.79 Å². The first-order valence-corrected chi connectivity index (χ1v) is 12.4. The van der Waals surface area contributed by atoms with Crippen LogP contribution in [0.4, 0.5) is 10.3 Å². The van der Waals surface area contributed by atoms with Crippen LogP contribution >= 0.6 is 0 Å². The molecular formula is C27H33FN4O. The first-order valence-electron chi connectivity index (χ1n) is 12.4. The molecule has 2 heterocycles. The van der Waals surface area contributed by atoms with E-state index in [4.69, 9.17) is 4.98 Å². The van der Waals surface area contributed by atoms with Crippen molar-refractivity contribution in [3.05, 3.63) is 59.9 Å². The summed E-state index contributed by atoms with van der Waals surface area (Å²) in [5.41, 5.74) is 3.08. The number of aromatic nitrogens is 2. The van der Waals surface area contributed by atoms with Gasteiger partial charge in [0.05, 0.1) is 17.6 Å². The second-order valence-corrected chi connectivity index (χ2v) is 9.57. The molecule has 1 N–H and O–H groups in total. The third kappa shape index (κ3) is 5.05. The number of benzene rings is 2. The van der Waals surface area contributed by atoms with Crippen molar-refractivity contribution in [2.75, 3.05) is 18.0 Å². The van der Waals surface area contributed by atoms with Gasteiger partial charge in [0.1, 0.15) is 5.82 Å². The fraction of sp³-hybridized carbons (Fsp3) is 0.481. The maximum absolute atomic E-state index is 13.4. The summed E-state index contributed by atoms with van der Waals surface area (Å²) in [5.74, 6) is 1.03. The van der Waals surface area contributed by atoms with Crippen molar-refractivity contribution in [3.8, 4) is 0 Å². The molecule has 2 aromatic carbocycles. The van der Waals surface area contributed by atoms with Crippen LogP contribution in [0.25, 0.3) is 11.0 Å². The minimum absolute atomic E-state index is 0.0828. The summed E-state index contributed by atoms with van der Waals surface area (Å²) in [6.45, 7) is 2.27. The SMILES string of the molecule is O=C(NC1CCCCCC1)C1CCN(c2nc3ccccc3n2Cc2ccc(F)cc2)CC1. The molecule has 5 rings (SSSR count). The minimum atomic E-state index is -0.223. The molecule has 6 heteroatoms.